The van der Waals surface area contributed by atoms with Crippen molar-refractivity contribution in [3.8, 4) is 0 Å². The fourth-order valence-electron chi connectivity index (χ4n) is 0.745. The summed E-state index contributed by atoms with van der Waals surface area (Å²) in [5.41, 5.74) is 0. The van der Waals surface area contributed by atoms with Crippen molar-refractivity contribution in [2.75, 3.05) is 40.9 Å². The summed E-state index contributed by atoms with van der Waals surface area (Å²) in [5, 5.41) is 0. The van der Waals surface area contributed by atoms with E-state index in [1.54, 1.807) is 0 Å². The number of phosphoric ester groups is 1. The number of hydrogen-bond donors (Lipinski definition) is 0. The molecular weight excluding hydrogens is 217 g/mol. The van der Waals surface area contributed by atoms with Crippen LogP contribution in [0.5, 0.6) is 0 Å². The Labute approximate surface area is 93.2 Å². The summed E-state index contributed by atoms with van der Waals surface area (Å²) in [7, 11) is 0.465. The van der Waals surface area contributed by atoms with E-state index in [0.29, 0.717) is 0 Å². The van der Waals surface area contributed by atoms with Gasteiger partial charge in [0.25, 0.3) is 7.82 Å². The zero-order chi connectivity index (χ0) is 12.5. The second kappa shape index (κ2) is 8.25. The molecule has 0 radical (unpaired) electrons. The van der Waals surface area contributed by atoms with Crippen molar-refractivity contribution in [2.24, 2.45) is 0 Å². The quantitative estimate of drug-likeness (QED) is 0.536. The second-order valence-electron chi connectivity index (χ2n) is 3.38. The lowest BCUT2D eigenvalue weighted by Crippen LogP contribution is -2.42. The first-order valence-electron chi connectivity index (χ1n) is 5.06. The van der Waals surface area contributed by atoms with Crippen LogP contribution in [-0.2, 0) is 13.6 Å². The van der Waals surface area contributed by atoms with Crippen LogP contribution in [0.2, 0.25) is 0 Å². The van der Waals surface area contributed by atoms with E-state index in [0.717, 1.165) is 14.2 Å². The van der Waals surface area contributed by atoms with Gasteiger partial charge in [-0.05, 0) is 20.8 Å². The van der Waals surface area contributed by atoms with Crippen molar-refractivity contribution in [3.05, 3.63) is 0 Å². The molecule has 0 aromatic heterocycles. The molecule has 0 aliphatic heterocycles. The number of phosphoric acid groups is 1. The summed E-state index contributed by atoms with van der Waals surface area (Å²) in [6.45, 7) is 10.5. The Kier molecular flexibility index (Phi) is 9.60. The first-order valence-corrected chi connectivity index (χ1v) is 6.52. The van der Waals surface area contributed by atoms with Crippen molar-refractivity contribution < 1.29 is 23.0 Å². The molecule has 0 aliphatic carbocycles. The van der Waals surface area contributed by atoms with Crippen molar-refractivity contribution in [1.29, 1.82) is 0 Å². The van der Waals surface area contributed by atoms with Crippen molar-refractivity contribution in [2.45, 2.75) is 20.8 Å². The largest absolute Gasteiger partial charge is 0.756 e. The molecule has 0 N–H and O–H groups in total. The lowest BCUT2D eigenvalue weighted by Gasteiger charge is -2.30. The fraction of sp³-hybridized carbons (Fsp3) is 1.00. The van der Waals surface area contributed by atoms with Gasteiger partial charge >= 0.3 is 0 Å². The van der Waals surface area contributed by atoms with Crippen LogP contribution in [0.4, 0.5) is 0 Å². The van der Waals surface area contributed by atoms with Gasteiger partial charge in [-0.2, -0.15) is 0 Å². The van der Waals surface area contributed by atoms with Gasteiger partial charge in [0.1, 0.15) is 0 Å². The average Bonchev–Trinajstić information content (AvgIpc) is 2.29. The highest BCUT2D eigenvalue weighted by atomic mass is 31.2. The summed E-state index contributed by atoms with van der Waals surface area (Å²) in [5.74, 6) is 0. The Morgan fingerprint density at radius 3 is 1.33 bits per heavy atom. The van der Waals surface area contributed by atoms with Gasteiger partial charge in [-0.25, -0.2) is 0 Å². The number of nitrogens with zero attached hydrogens (tertiary/aromatic N) is 1. The lowest BCUT2D eigenvalue weighted by molar-refractivity contribution is -0.904. The maximum absolute atomic E-state index is 9.95. The van der Waals surface area contributed by atoms with E-state index in [1.807, 2.05) is 0 Å². The van der Waals surface area contributed by atoms with E-state index in [4.69, 9.17) is 0 Å². The Balaban J connectivity index is 0. The van der Waals surface area contributed by atoms with Crippen LogP contribution in [0, 0.1) is 0 Å². The highest BCUT2D eigenvalue weighted by Crippen LogP contribution is 2.34. The SMILES string of the molecule is CC[N+](C)(CC)CC.COP(=O)([O-])OC. The second-order valence-corrected chi connectivity index (χ2v) is 5.01. The van der Waals surface area contributed by atoms with Crippen LogP contribution < -0.4 is 4.89 Å². The predicted octanol–water partition coefficient (Wildman–Crippen LogP) is 1.24. The summed E-state index contributed by atoms with van der Waals surface area (Å²) in [6.07, 6.45) is 0. The van der Waals surface area contributed by atoms with E-state index in [-0.39, 0.29) is 0 Å². The fourth-order valence-corrected chi connectivity index (χ4v) is 0.894. The minimum Gasteiger partial charge on any atom is -0.756 e. The minimum absolute atomic E-state index is 1.04. The van der Waals surface area contributed by atoms with Gasteiger partial charge in [-0.15, -0.1) is 0 Å². The Morgan fingerprint density at radius 1 is 1.07 bits per heavy atom. The lowest BCUT2D eigenvalue weighted by atomic mass is 10.4. The normalized spacial score (nSPS) is 11.9. The minimum atomic E-state index is -3.90. The Hall–Kier alpha value is 0.0700. The van der Waals surface area contributed by atoms with E-state index < -0.39 is 7.82 Å². The van der Waals surface area contributed by atoms with Gasteiger partial charge in [0.2, 0.25) is 0 Å². The first kappa shape index (κ1) is 17.5. The summed E-state index contributed by atoms with van der Waals surface area (Å²) in [4.78, 5) is 9.95. The molecule has 94 valence electrons. The van der Waals surface area contributed by atoms with E-state index in [2.05, 4.69) is 36.9 Å². The van der Waals surface area contributed by atoms with E-state index >= 15 is 0 Å². The van der Waals surface area contributed by atoms with Crippen molar-refractivity contribution in [1.82, 2.24) is 0 Å². The molecule has 0 unspecified atom stereocenters. The standard InChI is InChI=1S/C7H18N.C2H7O4P/c1-5-8(4,6-2)7-3;1-5-7(3,4)6-2/h5-7H2,1-4H3;1-2H3,(H,3,4)/q+1;/p-1. The molecule has 15 heavy (non-hydrogen) atoms. The molecule has 6 heteroatoms. The Bertz CT molecular complexity index is 178. The van der Waals surface area contributed by atoms with Gasteiger partial charge in [-0.3, -0.25) is 4.57 Å². The molecule has 0 atom stereocenters. The van der Waals surface area contributed by atoms with Gasteiger partial charge in [0.15, 0.2) is 0 Å². The van der Waals surface area contributed by atoms with E-state index in [1.165, 1.54) is 24.1 Å². The van der Waals surface area contributed by atoms with Crippen LogP contribution in [0.3, 0.4) is 0 Å². The van der Waals surface area contributed by atoms with Crippen LogP contribution in [0.25, 0.3) is 0 Å². The molecule has 0 aromatic carbocycles. The molecule has 0 saturated heterocycles. The third-order valence-electron chi connectivity index (χ3n) is 2.74. The van der Waals surface area contributed by atoms with Crippen LogP contribution in [0.15, 0.2) is 0 Å². The summed E-state index contributed by atoms with van der Waals surface area (Å²) < 4.78 is 18.9. The van der Waals surface area contributed by atoms with Crippen molar-refractivity contribution >= 4 is 7.82 Å². The summed E-state index contributed by atoms with van der Waals surface area (Å²) >= 11 is 0. The third kappa shape index (κ3) is 9.03. The van der Waals surface area contributed by atoms with Gasteiger partial charge in [-0.1, -0.05) is 0 Å². The molecule has 0 bridgehead atoms. The smallest absolute Gasteiger partial charge is 0.267 e. The molecular formula is C9H24NO4P. The molecule has 0 amide bonds. The predicted molar refractivity (Wildman–Crippen MR) is 59.4 cm³/mol. The molecule has 0 aromatic rings. The molecule has 0 fully saturated rings. The van der Waals surface area contributed by atoms with Crippen molar-refractivity contribution in [3.63, 3.8) is 0 Å². The maximum Gasteiger partial charge on any atom is 0.267 e. The van der Waals surface area contributed by atoms with Crippen LogP contribution in [-0.4, -0.2) is 45.4 Å². The molecule has 0 spiro atoms. The maximum atomic E-state index is 9.95. The monoisotopic (exact) mass is 241 g/mol. The van der Waals surface area contributed by atoms with Gasteiger partial charge < -0.3 is 18.4 Å². The third-order valence-corrected chi connectivity index (χ3v) is 3.63. The van der Waals surface area contributed by atoms with Crippen LogP contribution in [0.1, 0.15) is 20.8 Å². The molecule has 5 nitrogen and oxygen atoms in total. The number of rotatable bonds is 5. The zero-order valence-electron chi connectivity index (χ0n) is 10.6. The Morgan fingerprint density at radius 2 is 1.33 bits per heavy atom. The molecule has 0 aliphatic rings. The van der Waals surface area contributed by atoms with E-state index in [9.17, 15) is 9.46 Å². The number of quaternary nitrogens is 1. The van der Waals surface area contributed by atoms with Gasteiger partial charge in [0, 0.05) is 14.2 Å². The molecule has 0 saturated carbocycles. The highest BCUT2D eigenvalue weighted by molar-refractivity contribution is 7.45. The van der Waals surface area contributed by atoms with Gasteiger partial charge in [0.05, 0.1) is 26.7 Å². The highest BCUT2D eigenvalue weighted by Gasteiger charge is 2.10. The topological polar surface area (TPSA) is 58.6 Å². The molecule has 0 heterocycles. The first-order chi connectivity index (χ1) is 6.80. The molecule has 0 rings (SSSR count). The summed E-state index contributed by atoms with van der Waals surface area (Å²) in [6, 6.07) is 0. The average molecular weight is 241 g/mol. The zero-order valence-corrected chi connectivity index (χ0v) is 11.5. The number of hydrogen-bond acceptors (Lipinski definition) is 4. The van der Waals surface area contributed by atoms with Crippen LogP contribution >= 0.6 is 7.82 Å².